The van der Waals surface area contributed by atoms with Crippen LogP contribution in [0.15, 0.2) is 59.0 Å². The number of hydrogen-bond donors (Lipinski definition) is 1. The van der Waals surface area contributed by atoms with Crippen LogP contribution in [0.4, 0.5) is 0 Å². The highest BCUT2D eigenvalue weighted by Gasteiger charge is 2.24. The maximum atomic E-state index is 12.7. The number of carbonyl (C=O) groups is 1. The van der Waals surface area contributed by atoms with Crippen molar-refractivity contribution in [3.05, 3.63) is 65.9 Å². The van der Waals surface area contributed by atoms with Crippen LogP contribution >= 0.6 is 0 Å². The van der Waals surface area contributed by atoms with E-state index >= 15 is 0 Å². The van der Waals surface area contributed by atoms with Gasteiger partial charge in [-0.2, -0.15) is 0 Å². The summed E-state index contributed by atoms with van der Waals surface area (Å²) in [7, 11) is 1.65. The van der Waals surface area contributed by atoms with Crippen molar-refractivity contribution in [1.82, 2.24) is 10.2 Å². The van der Waals surface area contributed by atoms with E-state index < -0.39 is 0 Å². The second-order valence-electron chi connectivity index (χ2n) is 6.80. The third-order valence-corrected chi connectivity index (χ3v) is 5.09. The average Bonchev–Trinajstić information content (AvgIpc) is 3.19. The quantitative estimate of drug-likeness (QED) is 0.711. The molecule has 6 nitrogen and oxygen atoms in total. The van der Waals surface area contributed by atoms with Crippen LogP contribution in [-0.4, -0.2) is 50.8 Å². The molecule has 2 aromatic carbocycles. The number of fused-ring (bicyclic) bond motifs is 1. The highest BCUT2D eigenvalue weighted by molar-refractivity contribution is 5.96. The van der Waals surface area contributed by atoms with E-state index in [9.17, 15) is 4.79 Å². The van der Waals surface area contributed by atoms with Crippen molar-refractivity contribution < 1.29 is 18.7 Å². The van der Waals surface area contributed by atoms with Crippen molar-refractivity contribution in [2.75, 3.05) is 40.0 Å². The second-order valence-corrected chi connectivity index (χ2v) is 6.80. The number of ether oxygens (including phenoxy) is 2. The van der Waals surface area contributed by atoms with Crippen LogP contribution in [0.2, 0.25) is 0 Å². The summed E-state index contributed by atoms with van der Waals surface area (Å²) in [5.41, 5.74) is 1.85. The number of nitrogens with one attached hydrogen (secondary N) is 1. The number of methoxy groups -OCH3 is 1. The number of rotatable bonds is 6. The van der Waals surface area contributed by atoms with Gasteiger partial charge < -0.3 is 19.2 Å². The van der Waals surface area contributed by atoms with Gasteiger partial charge in [0.15, 0.2) is 5.76 Å². The lowest BCUT2D eigenvalue weighted by Gasteiger charge is -2.34. The van der Waals surface area contributed by atoms with Crippen LogP contribution in [0.1, 0.15) is 22.2 Å². The Kier molecular flexibility index (Phi) is 5.60. The summed E-state index contributed by atoms with van der Waals surface area (Å²) in [6, 6.07) is 17.4. The SMILES string of the molecule is COc1ccc(C(CNC(=O)c2cc3ccccc3o2)N2CCOCC2)cc1. The maximum absolute atomic E-state index is 12.7. The Bertz CT molecular complexity index is 896. The zero-order valence-electron chi connectivity index (χ0n) is 15.9. The molecule has 1 aromatic heterocycles. The van der Waals surface area contributed by atoms with Crippen molar-refractivity contribution in [1.29, 1.82) is 0 Å². The smallest absolute Gasteiger partial charge is 0.287 e. The number of nitrogens with zero attached hydrogens (tertiary/aromatic N) is 1. The number of amides is 1. The molecule has 1 N–H and O–H groups in total. The molecule has 0 radical (unpaired) electrons. The Morgan fingerprint density at radius 3 is 2.61 bits per heavy atom. The first-order valence-electron chi connectivity index (χ1n) is 9.47. The molecule has 0 saturated carbocycles. The minimum absolute atomic E-state index is 0.0585. The van der Waals surface area contributed by atoms with Gasteiger partial charge in [-0.1, -0.05) is 30.3 Å². The van der Waals surface area contributed by atoms with Gasteiger partial charge in [0, 0.05) is 25.0 Å². The Labute approximate surface area is 164 Å². The number of morpholine rings is 1. The molecule has 0 spiro atoms. The molecule has 4 rings (SSSR count). The molecule has 1 saturated heterocycles. The fraction of sp³-hybridized carbons (Fsp3) is 0.318. The maximum Gasteiger partial charge on any atom is 0.287 e. The summed E-state index contributed by atoms with van der Waals surface area (Å²) < 4.78 is 16.4. The number of hydrogen-bond acceptors (Lipinski definition) is 5. The summed E-state index contributed by atoms with van der Waals surface area (Å²) in [5.74, 6) is 0.940. The molecular weight excluding hydrogens is 356 g/mol. The van der Waals surface area contributed by atoms with Gasteiger partial charge in [-0.15, -0.1) is 0 Å². The molecule has 1 fully saturated rings. The van der Waals surface area contributed by atoms with E-state index in [0.29, 0.717) is 31.1 Å². The molecule has 1 atom stereocenters. The van der Waals surface area contributed by atoms with Gasteiger partial charge in [0.25, 0.3) is 5.91 Å². The van der Waals surface area contributed by atoms with Crippen LogP contribution in [0.3, 0.4) is 0 Å². The fourth-order valence-corrected chi connectivity index (χ4v) is 3.54. The van der Waals surface area contributed by atoms with Crippen LogP contribution in [0.25, 0.3) is 11.0 Å². The van der Waals surface area contributed by atoms with Crippen LogP contribution in [0, 0.1) is 0 Å². The summed E-state index contributed by atoms with van der Waals surface area (Å²) in [5, 5.41) is 3.96. The topological polar surface area (TPSA) is 63.9 Å². The van der Waals surface area contributed by atoms with Crippen molar-refractivity contribution in [3.63, 3.8) is 0 Å². The van der Waals surface area contributed by atoms with Crippen molar-refractivity contribution in [3.8, 4) is 5.75 Å². The largest absolute Gasteiger partial charge is 0.497 e. The lowest BCUT2D eigenvalue weighted by molar-refractivity contribution is 0.0161. The monoisotopic (exact) mass is 380 g/mol. The third kappa shape index (κ3) is 4.03. The highest BCUT2D eigenvalue weighted by atomic mass is 16.5. The van der Waals surface area contributed by atoms with Crippen molar-refractivity contribution in [2.24, 2.45) is 0 Å². The van der Waals surface area contributed by atoms with E-state index in [1.165, 1.54) is 0 Å². The first-order chi connectivity index (χ1) is 13.7. The second kappa shape index (κ2) is 8.46. The molecule has 1 aliphatic rings. The summed E-state index contributed by atoms with van der Waals surface area (Å²) >= 11 is 0. The zero-order chi connectivity index (χ0) is 19.3. The molecule has 146 valence electrons. The van der Waals surface area contributed by atoms with Gasteiger partial charge in [0.1, 0.15) is 11.3 Å². The predicted octanol–water partition coefficient (Wildman–Crippen LogP) is 3.24. The molecule has 2 heterocycles. The van der Waals surface area contributed by atoms with Crippen molar-refractivity contribution >= 4 is 16.9 Å². The van der Waals surface area contributed by atoms with Gasteiger partial charge in [0.05, 0.1) is 26.4 Å². The van der Waals surface area contributed by atoms with Crippen LogP contribution in [0.5, 0.6) is 5.75 Å². The molecule has 1 amide bonds. The summed E-state index contributed by atoms with van der Waals surface area (Å²) in [6.07, 6.45) is 0. The third-order valence-electron chi connectivity index (χ3n) is 5.09. The lowest BCUT2D eigenvalue weighted by atomic mass is 10.0. The van der Waals surface area contributed by atoms with Crippen molar-refractivity contribution in [2.45, 2.75) is 6.04 Å². The average molecular weight is 380 g/mol. The molecule has 0 bridgehead atoms. The van der Waals surface area contributed by atoms with E-state index in [1.807, 2.05) is 48.5 Å². The number of furan rings is 1. The number of para-hydroxylation sites is 1. The van der Waals surface area contributed by atoms with Crippen LogP contribution < -0.4 is 10.1 Å². The van der Waals surface area contributed by atoms with Gasteiger partial charge in [-0.05, 0) is 29.8 Å². The fourth-order valence-electron chi connectivity index (χ4n) is 3.54. The first kappa shape index (κ1) is 18.5. The molecule has 28 heavy (non-hydrogen) atoms. The molecule has 3 aromatic rings. The molecular formula is C22H24N2O4. The van der Waals surface area contributed by atoms with E-state index in [2.05, 4.69) is 10.2 Å². The normalized spacial score (nSPS) is 16.0. The Morgan fingerprint density at radius 1 is 1.14 bits per heavy atom. The molecule has 6 heteroatoms. The van der Waals surface area contributed by atoms with Crippen LogP contribution in [-0.2, 0) is 4.74 Å². The molecule has 0 aliphatic carbocycles. The highest BCUT2D eigenvalue weighted by Crippen LogP contribution is 2.24. The Balaban J connectivity index is 1.50. The predicted molar refractivity (Wildman–Crippen MR) is 107 cm³/mol. The minimum atomic E-state index is -0.206. The van der Waals surface area contributed by atoms with E-state index in [1.54, 1.807) is 13.2 Å². The van der Waals surface area contributed by atoms with Gasteiger partial charge >= 0.3 is 0 Å². The zero-order valence-corrected chi connectivity index (χ0v) is 15.9. The van der Waals surface area contributed by atoms with E-state index in [-0.39, 0.29) is 11.9 Å². The van der Waals surface area contributed by atoms with Gasteiger partial charge in [0.2, 0.25) is 0 Å². The minimum Gasteiger partial charge on any atom is -0.497 e. The molecule has 1 aliphatic heterocycles. The summed E-state index contributed by atoms with van der Waals surface area (Å²) in [4.78, 5) is 15.0. The van der Waals surface area contributed by atoms with Gasteiger partial charge in [-0.3, -0.25) is 9.69 Å². The standard InChI is InChI=1S/C22H24N2O4/c1-26-18-8-6-16(7-9-18)19(24-10-12-27-13-11-24)15-23-22(25)21-14-17-4-2-3-5-20(17)28-21/h2-9,14,19H,10-13,15H2,1H3,(H,23,25). The number of benzene rings is 2. The van der Waals surface area contributed by atoms with E-state index in [0.717, 1.165) is 29.8 Å². The summed E-state index contributed by atoms with van der Waals surface area (Å²) in [6.45, 7) is 3.55. The Morgan fingerprint density at radius 2 is 1.89 bits per heavy atom. The lowest BCUT2D eigenvalue weighted by Crippen LogP contribution is -2.43. The van der Waals surface area contributed by atoms with Gasteiger partial charge in [-0.25, -0.2) is 0 Å². The number of carbonyl (C=O) groups excluding carboxylic acids is 1. The first-order valence-corrected chi connectivity index (χ1v) is 9.47. The molecule has 1 unspecified atom stereocenters. The Hall–Kier alpha value is -2.83. The van der Waals surface area contributed by atoms with E-state index in [4.69, 9.17) is 13.9 Å².